The van der Waals surface area contributed by atoms with Crippen LogP contribution in [-0.2, 0) is 9.59 Å². The highest BCUT2D eigenvalue weighted by Gasteiger charge is 2.08. The summed E-state index contributed by atoms with van der Waals surface area (Å²) in [5.74, 6) is -0.482. The van der Waals surface area contributed by atoms with Crippen LogP contribution in [0.4, 0.5) is 5.69 Å². The lowest BCUT2D eigenvalue weighted by Crippen LogP contribution is -2.35. The zero-order valence-electron chi connectivity index (χ0n) is 12.3. The largest absolute Gasteiger partial charge is 0.482 e. The molecule has 0 heterocycles. The molecule has 5 nitrogen and oxygen atoms in total. The van der Waals surface area contributed by atoms with Crippen LogP contribution in [0.3, 0.4) is 0 Å². The number of hydrogen-bond donors (Lipinski definition) is 2. The van der Waals surface area contributed by atoms with E-state index in [2.05, 4.69) is 10.6 Å². The molecule has 0 atom stereocenters. The summed E-state index contributed by atoms with van der Waals surface area (Å²) in [6, 6.07) is 11.3. The van der Waals surface area contributed by atoms with Gasteiger partial charge in [-0.05, 0) is 42.5 Å². The number of nitrogens with one attached hydrogen (secondary N) is 2. The average Bonchev–Trinajstić information content (AvgIpc) is 2.54. The molecule has 2 aromatic carbocycles. The molecular weight excluding hydrogens is 375 g/mol. The Labute approximate surface area is 153 Å². The third-order valence-corrected chi connectivity index (χ3v) is 3.61. The average molecular weight is 388 g/mol. The van der Waals surface area contributed by atoms with Crippen molar-refractivity contribution in [3.05, 3.63) is 57.5 Å². The minimum absolute atomic E-state index is 0.181. The molecule has 0 aliphatic heterocycles. The Morgan fingerprint density at radius 2 is 1.58 bits per heavy atom. The SMILES string of the molecule is O=C(COc1ccc(Cl)cc1Cl)NCC(=O)Nc1ccc(Cl)cc1. The van der Waals surface area contributed by atoms with Crippen LogP contribution >= 0.6 is 34.8 Å². The van der Waals surface area contributed by atoms with Crippen molar-refractivity contribution in [1.82, 2.24) is 5.32 Å². The number of amides is 2. The second kappa shape index (κ2) is 8.78. The molecular formula is C16H13Cl3N2O3. The van der Waals surface area contributed by atoms with Crippen LogP contribution in [0.5, 0.6) is 5.75 Å². The van der Waals surface area contributed by atoms with E-state index in [4.69, 9.17) is 39.5 Å². The van der Waals surface area contributed by atoms with Gasteiger partial charge in [0.05, 0.1) is 11.6 Å². The molecule has 2 rings (SSSR count). The molecule has 0 unspecified atom stereocenters. The summed E-state index contributed by atoms with van der Waals surface area (Å²) in [4.78, 5) is 23.4. The zero-order chi connectivity index (χ0) is 17.5. The van der Waals surface area contributed by atoms with Crippen LogP contribution in [0.15, 0.2) is 42.5 Å². The summed E-state index contributed by atoms with van der Waals surface area (Å²) >= 11 is 17.5. The normalized spacial score (nSPS) is 10.1. The topological polar surface area (TPSA) is 67.4 Å². The third-order valence-electron chi connectivity index (χ3n) is 2.83. The number of benzene rings is 2. The van der Waals surface area contributed by atoms with Crippen molar-refractivity contribution >= 4 is 52.3 Å². The van der Waals surface area contributed by atoms with Crippen LogP contribution in [0.25, 0.3) is 0 Å². The highest BCUT2D eigenvalue weighted by Crippen LogP contribution is 2.27. The quantitative estimate of drug-likeness (QED) is 0.792. The van der Waals surface area contributed by atoms with Gasteiger partial charge in [-0.3, -0.25) is 9.59 Å². The maximum Gasteiger partial charge on any atom is 0.258 e. The van der Waals surface area contributed by atoms with Crippen LogP contribution < -0.4 is 15.4 Å². The summed E-state index contributed by atoms with van der Waals surface area (Å²) < 4.78 is 5.27. The van der Waals surface area contributed by atoms with Crippen molar-refractivity contribution in [3.63, 3.8) is 0 Å². The number of halogens is 3. The summed E-state index contributed by atoms with van der Waals surface area (Å²) in [5.41, 5.74) is 0.586. The van der Waals surface area contributed by atoms with E-state index in [9.17, 15) is 9.59 Å². The third kappa shape index (κ3) is 5.92. The summed E-state index contributed by atoms with van der Waals surface area (Å²) in [6.45, 7) is -0.450. The zero-order valence-corrected chi connectivity index (χ0v) is 14.6. The molecule has 8 heteroatoms. The first-order valence-electron chi connectivity index (χ1n) is 6.84. The van der Waals surface area contributed by atoms with E-state index in [0.717, 1.165) is 0 Å². The Hall–Kier alpha value is -1.95. The predicted molar refractivity (Wildman–Crippen MR) is 95.0 cm³/mol. The van der Waals surface area contributed by atoms with E-state index in [-0.39, 0.29) is 19.1 Å². The maximum atomic E-state index is 11.7. The monoisotopic (exact) mass is 386 g/mol. The molecule has 0 aromatic heterocycles. The van der Waals surface area contributed by atoms with E-state index in [1.165, 1.54) is 6.07 Å². The van der Waals surface area contributed by atoms with Gasteiger partial charge in [-0.1, -0.05) is 34.8 Å². The van der Waals surface area contributed by atoms with Crippen LogP contribution in [0.1, 0.15) is 0 Å². The number of rotatable bonds is 6. The summed E-state index contributed by atoms with van der Waals surface area (Å²) in [5, 5.41) is 6.41. The van der Waals surface area contributed by atoms with Gasteiger partial charge in [0.15, 0.2) is 6.61 Å². The molecule has 0 saturated carbocycles. The van der Waals surface area contributed by atoms with Crippen molar-refractivity contribution in [2.24, 2.45) is 0 Å². The van der Waals surface area contributed by atoms with Gasteiger partial charge in [0.25, 0.3) is 5.91 Å². The van der Waals surface area contributed by atoms with Gasteiger partial charge in [0.1, 0.15) is 5.75 Å². The Bertz CT molecular complexity index is 736. The van der Waals surface area contributed by atoms with Crippen molar-refractivity contribution < 1.29 is 14.3 Å². The molecule has 0 aliphatic rings. The van der Waals surface area contributed by atoms with Gasteiger partial charge < -0.3 is 15.4 Å². The van der Waals surface area contributed by atoms with Gasteiger partial charge in [-0.15, -0.1) is 0 Å². The highest BCUT2D eigenvalue weighted by atomic mass is 35.5. The second-order valence-corrected chi connectivity index (χ2v) is 5.98. The van der Waals surface area contributed by atoms with Crippen molar-refractivity contribution in [2.75, 3.05) is 18.5 Å². The minimum Gasteiger partial charge on any atom is -0.482 e. The smallest absolute Gasteiger partial charge is 0.258 e. The van der Waals surface area contributed by atoms with E-state index < -0.39 is 5.91 Å². The predicted octanol–water partition coefficient (Wildman–Crippen LogP) is 3.78. The molecule has 0 bridgehead atoms. The molecule has 0 fully saturated rings. The number of carbonyl (C=O) groups is 2. The Morgan fingerprint density at radius 3 is 2.25 bits per heavy atom. The second-order valence-electron chi connectivity index (χ2n) is 4.70. The molecule has 0 radical (unpaired) electrons. The van der Waals surface area contributed by atoms with Crippen molar-refractivity contribution in [3.8, 4) is 5.75 Å². The molecule has 0 aliphatic carbocycles. The first-order chi connectivity index (χ1) is 11.4. The fraction of sp³-hybridized carbons (Fsp3) is 0.125. The minimum atomic E-state index is -0.452. The molecule has 2 N–H and O–H groups in total. The number of hydrogen-bond acceptors (Lipinski definition) is 3. The molecule has 0 spiro atoms. The van der Waals surface area contributed by atoms with Gasteiger partial charge in [0.2, 0.25) is 5.91 Å². The van der Waals surface area contributed by atoms with Gasteiger partial charge >= 0.3 is 0 Å². The molecule has 0 saturated heterocycles. The lowest BCUT2D eigenvalue weighted by atomic mass is 10.3. The van der Waals surface area contributed by atoms with Crippen molar-refractivity contribution in [1.29, 1.82) is 0 Å². The Kier molecular flexibility index (Phi) is 6.73. The van der Waals surface area contributed by atoms with Crippen LogP contribution in [0.2, 0.25) is 15.1 Å². The number of anilines is 1. The molecule has 2 aromatic rings. The highest BCUT2D eigenvalue weighted by molar-refractivity contribution is 6.35. The molecule has 2 amide bonds. The van der Waals surface area contributed by atoms with Gasteiger partial charge in [-0.2, -0.15) is 0 Å². The van der Waals surface area contributed by atoms with Crippen molar-refractivity contribution in [2.45, 2.75) is 0 Å². The summed E-state index contributed by atoms with van der Waals surface area (Å²) in [6.07, 6.45) is 0. The maximum absolute atomic E-state index is 11.7. The Balaban J connectivity index is 1.74. The molecule has 24 heavy (non-hydrogen) atoms. The fourth-order valence-electron chi connectivity index (χ4n) is 1.70. The van der Waals surface area contributed by atoms with Gasteiger partial charge in [-0.25, -0.2) is 0 Å². The van der Waals surface area contributed by atoms with E-state index in [1.807, 2.05) is 0 Å². The van der Waals surface area contributed by atoms with Gasteiger partial charge in [0, 0.05) is 15.7 Å². The Morgan fingerprint density at radius 1 is 0.917 bits per heavy atom. The lowest BCUT2D eigenvalue weighted by Gasteiger charge is -2.09. The van der Waals surface area contributed by atoms with E-state index in [1.54, 1.807) is 36.4 Å². The lowest BCUT2D eigenvalue weighted by molar-refractivity contribution is -0.125. The molecule has 126 valence electrons. The van der Waals surface area contributed by atoms with E-state index >= 15 is 0 Å². The fourth-order valence-corrected chi connectivity index (χ4v) is 2.29. The standard InChI is InChI=1S/C16H13Cl3N2O3/c17-10-1-4-12(5-2-10)21-15(22)8-20-16(23)9-24-14-6-3-11(18)7-13(14)19/h1-7H,8-9H2,(H,20,23)(H,21,22). The first kappa shape index (κ1) is 18.4. The summed E-state index contributed by atoms with van der Waals surface area (Å²) in [7, 11) is 0. The first-order valence-corrected chi connectivity index (χ1v) is 7.97. The van der Waals surface area contributed by atoms with Crippen LogP contribution in [0, 0.1) is 0 Å². The number of carbonyl (C=O) groups excluding carboxylic acids is 2. The van der Waals surface area contributed by atoms with Crippen LogP contribution in [-0.4, -0.2) is 25.0 Å². The number of ether oxygens (including phenoxy) is 1. The van der Waals surface area contributed by atoms with E-state index in [0.29, 0.717) is 26.5 Å².